The van der Waals surface area contributed by atoms with Crippen molar-refractivity contribution in [1.29, 1.82) is 0 Å². The molecule has 3 aromatic rings. The Morgan fingerprint density at radius 1 is 1.09 bits per heavy atom. The van der Waals surface area contributed by atoms with Crippen LogP contribution < -0.4 is 15.6 Å². The van der Waals surface area contributed by atoms with Crippen molar-refractivity contribution in [2.75, 3.05) is 18.6 Å². The normalized spacial score (nSPS) is 21.5. The Bertz CT molecular complexity index is 1740. The molecule has 0 spiro atoms. The van der Waals surface area contributed by atoms with E-state index in [9.17, 15) is 23.2 Å². The van der Waals surface area contributed by atoms with Gasteiger partial charge < -0.3 is 29.3 Å². The summed E-state index contributed by atoms with van der Waals surface area (Å²) in [6, 6.07) is 9.78. The Labute approximate surface area is 267 Å². The summed E-state index contributed by atoms with van der Waals surface area (Å²) in [6.07, 6.45) is 2.86. The van der Waals surface area contributed by atoms with Crippen LogP contribution in [0.1, 0.15) is 77.9 Å². The minimum Gasteiger partial charge on any atom is -0.448 e. The second-order valence-corrected chi connectivity index (χ2v) is 12.8. The molecule has 0 bridgehead atoms. The van der Waals surface area contributed by atoms with Gasteiger partial charge in [0.05, 0.1) is 6.61 Å². The minimum absolute atomic E-state index is 0.0330. The number of hydrogen-bond donors (Lipinski definition) is 1. The number of hydrogen-bond acceptors (Lipinski definition) is 9. The molecule has 242 valence electrons. The number of carbonyl (C=O) groups excluding carboxylic acids is 2. The number of amides is 1. The molecule has 3 aliphatic heterocycles. The highest BCUT2D eigenvalue weighted by Gasteiger charge is 2.44. The first kappa shape index (κ1) is 30.5. The summed E-state index contributed by atoms with van der Waals surface area (Å²) in [4.78, 5) is 41.9. The van der Waals surface area contributed by atoms with Crippen LogP contribution in [-0.4, -0.2) is 53.3 Å². The molecule has 4 heterocycles. The Kier molecular flexibility index (Phi) is 8.36. The van der Waals surface area contributed by atoms with Gasteiger partial charge in [0, 0.05) is 41.9 Å². The summed E-state index contributed by atoms with van der Waals surface area (Å²) in [5.41, 5.74) is 5.49. The van der Waals surface area contributed by atoms with Crippen molar-refractivity contribution in [1.82, 2.24) is 9.58 Å². The predicted octanol–water partition coefficient (Wildman–Crippen LogP) is 5.63. The first-order valence-corrected chi connectivity index (χ1v) is 16.5. The molecule has 1 saturated heterocycles. The molecule has 10 nitrogen and oxygen atoms in total. The molecule has 7 rings (SSSR count). The van der Waals surface area contributed by atoms with Crippen molar-refractivity contribution in [3.05, 3.63) is 92.4 Å². The van der Waals surface area contributed by atoms with E-state index in [1.54, 1.807) is 11.0 Å². The van der Waals surface area contributed by atoms with Gasteiger partial charge in [0.15, 0.2) is 17.3 Å². The van der Waals surface area contributed by atoms with Gasteiger partial charge in [-0.3, -0.25) is 14.3 Å². The summed E-state index contributed by atoms with van der Waals surface area (Å²) in [5, 5.41) is 0. The van der Waals surface area contributed by atoms with Crippen LogP contribution >= 0.6 is 11.8 Å². The fourth-order valence-corrected chi connectivity index (χ4v) is 7.81. The predicted molar refractivity (Wildman–Crippen MR) is 163 cm³/mol. The zero-order valence-electron chi connectivity index (χ0n) is 25.1. The molecular weight excluding hydrogens is 620 g/mol. The summed E-state index contributed by atoms with van der Waals surface area (Å²) in [7, 11) is 0. The van der Waals surface area contributed by atoms with Crippen LogP contribution in [0, 0.1) is 11.6 Å². The summed E-state index contributed by atoms with van der Waals surface area (Å²) in [5.74, 6) is -2.13. The van der Waals surface area contributed by atoms with Crippen LogP contribution in [0.3, 0.4) is 0 Å². The van der Waals surface area contributed by atoms with Gasteiger partial charge in [0.25, 0.3) is 5.91 Å². The monoisotopic (exact) mass is 653 g/mol. The van der Waals surface area contributed by atoms with Gasteiger partial charge >= 0.3 is 6.16 Å². The largest absolute Gasteiger partial charge is 0.511 e. The maximum atomic E-state index is 14.7. The van der Waals surface area contributed by atoms with Crippen LogP contribution in [0.4, 0.5) is 13.6 Å². The number of rotatable bonds is 5. The first-order chi connectivity index (χ1) is 22.3. The number of morpholine rings is 1. The van der Waals surface area contributed by atoms with Crippen molar-refractivity contribution in [2.45, 2.75) is 80.8 Å². The average molecular weight is 654 g/mol. The number of nitrogens with one attached hydrogen (secondary N) is 1. The maximum absolute atomic E-state index is 14.7. The quantitative estimate of drug-likeness (QED) is 0.277. The molecule has 1 saturated carbocycles. The third-order valence-corrected chi connectivity index (χ3v) is 10.0. The highest BCUT2D eigenvalue weighted by Crippen LogP contribution is 2.41. The minimum atomic E-state index is -1.20. The van der Waals surface area contributed by atoms with E-state index >= 15 is 0 Å². The third kappa shape index (κ3) is 5.70. The van der Waals surface area contributed by atoms with E-state index in [-0.39, 0.29) is 36.5 Å². The van der Waals surface area contributed by atoms with Crippen LogP contribution in [0.15, 0.2) is 52.3 Å². The van der Waals surface area contributed by atoms with E-state index in [1.807, 2.05) is 18.2 Å². The Hall–Kier alpha value is -4.10. The molecule has 46 heavy (non-hydrogen) atoms. The molecule has 4 aliphatic rings. The van der Waals surface area contributed by atoms with E-state index < -0.39 is 47.7 Å². The van der Waals surface area contributed by atoms with Crippen molar-refractivity contribution < 1.29 is 37.3 Å². The Morgan fingerprint density at radius 3 is 2.74 bits per heavy atom. The molecule has 2 aromatic carbocycles. The van der Waals surface area contributed by atoms with Crippen molar-refractivity contribution in [3.8, 4) is 5.75 Å². The van der Waals surface area contributed by atoms with Crippen LogP contribution in [0.25, 0.3) is 0 Å². The lowest BCUT2D eigenvalue weighted by Gasteiger charge is -2.46. The smallest absolute Gasteiger partial charge is 0.448 e. The number of carbonyl (C=O) groups is 2. The molecule has 1 aliphatic carbocycles. The maximum Gasteiger partial charge on any atom is 0.511 e. The van der Waals surface area contributed by atoms with Gasteiger partial charge in [-0.05, 0) is 60.9 Å². The fourth-order valence-electron chi connectivity index (χ4n) is 6.66. The van der Waals surface area contributed by atoms with Crippen LogP contribution in [0.5, 0.6) is 5.75 Å². The highest BCUT2D eigenvalue weighted by atomic mass is 32.2. The lowest BCUT2D eigenvalue weighted by atomic mass is 9.92. The van der Waals surface area contributed by atoms with Gasteiger partial charge in [-0.2, -0.15) is 0 Å². The SMILES string of the molecule is CC(OC(=O)OC1CCCCC1)Oc1c2n(ccc1=O)N[C@@H]1C(c3cccc4c3Cc3ccc(F)c(F)c3CS4)OCCN1C2=O. The zero-order chi connectivity index (χ0) is 31.9. The van der Waals surface area contributed by atoms with Gasteiger partial charge in [-0.1, -0.05) is 24.6 Å². The molecule has 1 aromatic heterocycles. The van der Waals surface area contributed by atoms with Crippen molar-refractivity contribution in [3.63, 3.8) is 0 Å². The van der Waals surface area contributed by atoms with Gasteiger partial charge in [-0.15, -0.1) is 11.8 Å². The fraction of sp³-hybridized carbons (Fsp3) is 0.424. The number of thioether (sulfide) groups is 1. The number of fused-ring (bicyclic) bond motifs is 4. The second-order valence-electron chi connectivity index (χ2n) is 11.8. The van der Waals surface area contributed by atoms with Crippen LogP contribution in [0.2, 0.25) is 0 Å². The van der Waals surface area contributed by atoms with Gasteiger partial charge in [-0.25, -0.2) is 13.6 Å². The lowest BCUT2D eigenvalue weighted by Crippen LogP contribution is -2.60. The standard InChI is InChI=1S/C33H33F2N3O7S/c1-18(44-33(41)45-20-6-3-2-4-7-20)43-30-25(39)12-13-38-28(30)32(40)37-14-15-42-29(31(37)36-38)21-8-5-9-26-22(21)16-19-10-11-24(34)27(35)23(19)17-46-26/h5,8-13,18,20,29,31,36H,2-4,6-7,14-17H2,1H3/t18?,29?,31-/m0/s1. The highest BCUT2D eigenvalue weighted by molar-refractivity contribution is 7.98. The number of halogens is 2. The molecule has 1 amide bonds. The van der Waals surface area contributed by atoms with E-state index in [1.165, 1.54) is 35.6 Å². The van der Waals surface area contributed by atoms with Gasteiger partial charge in [0.1, 0.15) is 18.4 Å². The average Bonchev–Trinajstić information content (AvgIpc) is 3.24. The summed E-state index contributed by atoms with van der Waals surface area (Å²) >= 11 is 1.43. The summed E-state index contributed by atoms with van der Waals surface area (Å²) < 4.78 is 52.9. The van der Waals surface area contributed by atoms with E-state index in [2.05, 4.69) is 5.43 Å². The van der Waals surface area contributed by atoms with E-state index in [0.717, 1.165) is 54.2 Å². The molecule has 2 unspecified atom stereocenters. The number of pyridine rings is 1. The topological polar surface area (TPSA) is 108 Å². The Balaban J connectivity index is 1.15. The lowest BCUT2D eigenvalue weighted by molar-refractivity contribution is -0.0712. The van der Waals surface area contributed by atoms with Crippen molar-refractivity contribution in [2.24, 2.45) is 0 Å². The zero-order valence-corrected chi connectivity index (χ0v) is 25.9. The molecule has 13 heteroatoms. The molecule has 1 N–H and O–H groups in total. The third-order valence-electron chi connectivity index (χ3n) is 8.91. The van der Waals surface area contributed by atoms with Crippen LogP contribution in [-0.2, 0) is 26.4 Å². The number of benzene rings is 2. The molecular formula is C33H33F2N3O7S. The van der Waals surface area contributed by atoms with E-state index in [4.69, 9.17) is 18.9 Å². The number of ether oxygens (including phenoxy) is 4. The Morgan fingerprint density at radius 2 is 1.91 bits per heavy atom. The molecule has 2 fully saturated rings. The number of aromatic nitrogens is 1. The second kappa shape index (κ2) is 12.6. The van der Waals surface area contributed by atoms with Gasteiger partial charge in [0.2, 0.25) is 17.5 Å². The van der Waals surface area contributed by atoms with E-state index in [0.29, 0.717) is 17.5 Å². The molecule has 3 atom stereocenters. The van der Waals surface area contributed by atoms with Crippen molar-refractivity contribution >= 4 is 23.8 Å². The molecule has 0 radical (unpaired) electrons. The summed E-state index contributed by atoms with van der Waals surface area (Å²) in [6.45, 7) is 1.92. The first-order valence-electron chi connectivity index (χ1n) is 15.5. The number of nitrogens with zero attached hydrogens (tertiary/aromatic N) is 2.